The summed E-state index contributed by atoms with van der Waals surface area (Å²) in [5, 5.41) is 9.02. The Hall–Kier alpha value is -1.43. The Labute approximate surface area is 98.5 Å². The second-order valence-electron chi connectivity index (χ2n) is 5.18. The fourth-order valence-corrected chi connectivity index (χ4v) is 2.35. The van der Waals surface area contributed by atoms with Gasteiger partial charge in [-0.15, -0.1) is 0 Å². The number of ether oxygens (including phenoxy) is 1. The highest BCUT2D eigenvalue weighted by Gasteiger charge is 2.51. The third-order valence-corrected chi connectivity index (χ3v) is 3.36. The van der Waals surface area contributed by atoms with Gasteiger partial charge in [0.1, 0.15) is 5.92 Å². The van der Waals surface area contributed by atoms with E-state index in [9.17, 15) is 14.4 Å². The van der Waals surface area contributed by atoms with Gasteiger partial charge in [0.2, 0.25) is 11.8 Å². The highest BCUT2D eigenvalue weighted by Crippen LogP contribution is 2.35. The van der Waals surface area contributed by atoms with E-state index in [1.807, 2.05) is 0 Å². The van der Waals surface area contributed by atoms with Crippen molar-refractivity contribution in [3.63, 3.8) is 0 Å². The maximum absolute atomic E-state index is 12.0. The van der Waals surface area contributed by atoms with E-state index >= 15 is 0 Å². The number of carboxylic acids is 1. The minimum absolute atomic E-state index is 0.0531. The summed E-state index contributed by atoms with van der Waals surface area (Å²) in [6, 6.07) is -0.658. The Morgan fingerprint density at radius 2 is 2.06 bits per heavy atom. The van der Waals surface area contributed by atoms with Gasteiger partial charge in [0, 0.05) is 6.42 Å². The Balaban J connectivity index is 2.26. The number of carboxylic acid groups (broad SMARTS) is 1. The van der Waals surface area contributed by atoms with E-state index in [2.05, 4.69) is 0 Å². The second-order valence-corrected chi connectivity index (χ2v) is 5.18. The Morgan fingerprint density at radius 1 is 1.41 bits per heavy atom. The highest BCUT2D eigenvalue weighted by molar-refractivity contribution is 6.06. The molecular weight excluding hydrogens is 226 g/mol. The molecule has 0 radical (unpaired) electrons. The lowest BCUT2D eigenvalue weighted by Crippen LogP contribution is -2.47. The molecule has 0 aromatic heterocycles. The van der Waals surface area contributed by atoms with E-state index in [0.29, 0.717) is 0 Å². The van der Waals surface area contributed by atoms with E-state index in [4.69, 9.17) is 9.84 Å². The molecule has 2 aliphatic rings. The zero-order valence-electron chi connectivity index (χ0n) is 9.80. The lowest BCUT2D eigenvalue weighted by Gasteiger charge is -2.25. The van der Waals surface area contributed by atoms with Crippen LogP contribution in [0.15, 0.2) is 0 Å². The van der Waals surface area contributed by atoms with Gasteiger partial charge in [0.15, 0.2) is 0 Å². The van der Waals surface area contributed by atoms with E-state index in [1.165, 1.54) is 0 Å². The maximum Gasteiger partial charge on any atom is 0.311 e. The molecule has 2 amide bonds. The lowest BCUT2D eigenvalue weighted by molar-refractivity contribution is -0.148. The molecule has 2 fully saturated rings. The summed E-state index contributed by atoms with van der Waals surface area (Å²) in [5.41, 5.74) is -0.733. The fraction of sp³-hybridized carbons (Fsp3) is 0.727. The number of rotatable bonds is 2. The molecular formula is C11H15NO5. The third-order valence-electron chi connectivity index (χ3n) is 3.36. The van der Waals surface area contributed by atoms with Crippen LogP contribution in [0, 0.1) is 11.3 Å². The van der Waals surface area contributed by atoms with Gasteiger partial charge < -0.3 is 9.84 Å². The van der Waals surface area contributed by atoms with Crippen LogP contribution in [-0.2, 0) is 19.1 Å². The number of imide groups is 1. The van der Waals surface area contributed by atoms with Crippen molar-refractivity contribution in [2.75, 3.05) is 13.2 Å². The molecule has 2 unspecified atom stereocenters. The zero-order chi connectivity index (χ0) is 12.8. The van der Waals surface area contributed by atoms with Crippen molar-refractivity contribution < 1.29 is 24.2 Å². The molecule has 2 saturated heterocycles. The number of amides is 2. The van der Waals surface area contributed by atoms with Crippen LogP contribution >= 0.6 is 0 Å². The van der Waals surface area contributed by atoms with Gasteiger partial charge in [-0.2, -0.15) is 0 Å². The molecule has 94 valence electrons. The lowest BCUT2D eigenvalue weighted by atomic mass is 9.92. The molecule has 2 atom stereocenters. The number of carbonyl (C=O) groups is 3. The fourth-order valence-electron chi connectivity index (χ4n) is 2.35. The summed E-state index contributed by atoms with van der Waals surface area (Å²) in [7, 11) is 0. The van der Waals surface area contributed by atoms with Crippen molar-refractivity contribution >= 4 is 17.8 Å². The molecule has 6 nitrogen and oxygen atoms in total. The summed E-state index contributed by atoms with van der Waals surface area (Å²) < 4.78 is 5.08. The summed E-state index contributed by atoms with van der Waals surface area (Å²) in [5.74, 6) is -2.44. The van der Waals surface area contributed by atoms with Gasteiger partial charge in [0.25, 0.3) is 0 Å². The molecule has 0 aromatic carbocycles. The van der Waals surface area contributed by atoms with Crippen molar-refractivity contribution in [1.82, 2.24) is 4.90 Å². The second kappa shape index (κ2) is 3.80. The largest absolute Gasteiger partial charge is 0.481 e. The van der Waals surface area contributed by atoms with Crippen molar-refractivity contribution in [2.45, 2.75) is 26.3 Å². The summed E-state index contributed by atoms with van der Waals surface area (Å²) in [6.45, 7) is 3.56. The maximum atomic E-state index is 12.0. The number of aliphatic carboxylic acids is 1. The smallest absolute Gasteiger partial charge is 0.311 e. The van der Waals surface area contributed by atoms with Crippen LogP contribution in [0.25, 0.3) is 0 Å². The topological polar surface area (TPSA) is 83.9 Å². The Bertz CT molecular complexity index is 389. The normalized spacial score (nSPS) is 32.2. The van der Waals surface area contributed by atoms with Gasteiger partial charge in [-0.05, 0) is 0 Å². The minimum atomic E-state index is -1.03. The predicted octanol–water partition coefficient (Wildman–Crippen LogP) is -0.129. The Morgan fingerprint density at radius 3 is 2.53 bits per heavy atom. The van der Waals surface area contributed by atoms with Crippen LogP contribution in [0.2, 0.25) is 0 Å². The molecule has 0 aromatic rings. The molecule has 0 aliphatic carbocycles. The number of likely N-dealkylation sites (tertiary alicyclic amines) is 1. The molecule has 17 heavy (non-hydrogen) atoms. The quantitative estimate of drug-likeness (QED) is 0.681. The zero-order valence-corrected chi connectivity index (χ0v) is 9.80. The van der Waals surface area contributed by atoms with Gasteiger partial charge in [-0.1, -0.05) is 13.8 Å². The number of nitrogens with zero attached hydrogens (tertiary/aromatic N) is 1. The van der Waals surface area contributed by atoms with Crippen LogP contribution in [0.3, 0.4) is 0 Å². The first-order valence-electron chi connectivity index (χ1n) is 5.51. The van der Waals surface area contributed by atoms with E-state index < -0.39 is 23.3 Å². The average molecular weight is 241 g/mol. The van der Waals surface area contributed by atoms with Crippen LogP contribution in [0.1, 0.15) is 20.3 Å². The SMILES string of the molecule is CC1(C)CC(=O)N(C2COCC2C(=O)O)C1=O. The molecule has 0 spiro atoms. The first kappa shape index (κ1) is 12.0. The summed E-state index contributed by atoms with van der Waals surface area (Å²) >= 11 is 0. The van der Waals surface area contributed by atoms with Gasteiger partial charge in [0.05, 0.1) is 24.7 Å². The van der Waals surface area contributed by atoms with Crippen molar-refractivity contribution in [3.05, 3.63) is 0 Å². The number of hydrogen-bond donors (Lipinski definition) is 1. The number of carbonyl (C=O) groups excluding carboxylic acids is 2. The van der Waals surface area contributed by atoms with Crippen LogP contribution in [0.4, 0.5) is 0 Å². The summed E-state index contributed by atoms with van der Waals surface area (Å²) in [6.07, 6.45) is 0.134. The molecule has 0 saturated carbocycles. The highest BCUT2D eigenvalue weighted by atomic mass is 16.5. The van der Waals surface area contributed by atoms with Gasteiger partial charge in [-0.25, -0.2) is 0 Å². The predicted molar refractivity (Wildman–Crippen MR) is 56.0 cm³/mol. The molecule has 2 aliphatic heterocycles. The average Bonchev–Trinajstić information content (AvgIpc) is 2.71. The summed E-state index contributed by atoms with van der Waals surface area (Å²) in [4.78, 5) is 36.0. The Kier molecular flexibility index (Phi) is 2.69. The third kappa shape index (κ3) is 1.82. The van der Waals surface area contributed by atoms with Gasteiger partial charge in [-0.3, -0.25) is 19.3 Å². The van der Waals surface area contributed by atoms with E-state index in [-0.39, 0.29) is 31.4 Å². The van der Waals surface area contributed by atoms with Crippen molar-refractivity contribution in [1.29, 1.82) is 0 Å². The molecule has 1 N–H and O–H groups in total. The minimum Gasteiger partial charge on any atom is -0.481 e. The number of hydrogen-bond acceptors (Lipinski definition) is 4. The standard InChI is InChI=1S/C11H15NO5/c1-11(2)3-8(13)12(10(11)16)7-5-17-4-6(7)9(14)15/h6-7H,3-5H2,1-2H3,(H,14,15). The van der Waals surface area contributed by atoms with Crippen LogP contribution in [-0.4, -0.2) is 47.0 Å². The molecule has 2 heterocycles. The molecule has 2 rings (SSSR count). The van der Waals surface area contributed by atoms with Crippen LogP contribution in [0.5, 0.6) is 0 Å². The van der Waals surface area contributed by atoms with Gasteiger partial charge >= 0.3 is 5.97 Å². The van der Waals surface area contributed by atoms with Crippen molar-refractivity contribution in [2.24, 2.45) is 11.3 Å². The van der Waals surface area contributed by atoms with E-state index in [1.54, 1.807) is 13.8 Å². The van der Waals surface area contributed by atoms with E-state index in [0.717, 1.165) is 4.90 Å². The van der Waals surface area contributed by atoms with Crippen LogP contribution < -0.4 is 0 Å². The van der Waals surface area contributed by atoms with Crippen molar-refractivity contribution in [3.8, 4) is 0 Å². The molecule has 0 bridgehead atoms. The first-order valence-corrected chi connectivity index (χ1v) is 5.51. The first-order chi connectivity index (χ1) is 7.84. The molecule has 6 heteroatoms. The monoisotopic (exact) mass is 241 g/mol.